The molecule has 7 heteroatoms. The number of benzene rings is 1. The number of rotatable bonds is 20. The van der Waals surface area contributed by atoms with Gasteiger partial charge in [0.1, 0.15) is 6.10 Å². The van der Waals surface area contributed by atoms with Crippen LogP contribution in [0.2, 0.25) is 5.02 Å². The van der Waals surface area contributed by atoms with Crippen LogP contribution in [0.1, 0.15) is 96.0 Å². The fraction of sp³-hybridized carbons (Fsp3) is 0.760. The molecule has 1 rings (SSSR count). The van der Waals surface area contributed by atoms with Crippen LogP contribution in [0.4, 0.5) is 0 Å². The van der Waals surface area contributed by atoms with E-state index in [1.807, 2.05) is 19.1 Å². The summed E-state index contributed by atoms with van der Waals surface area (Å²) in [7, 11) is -3.86. The summed E-state index contributed by atoms with van der Waals surface area (Å²) >= 11 is 8.08. The summed E-state index contributed by atoms with van der Waals surface area (Å²) in [6, 6.07) is 7.29. The summed E-state index contributed by atoms with van der Waals surface area (Å²) in [5, 5.41) is 13.6. The molecule has 0 aliphatic rings. The van der Waals surface area contributed by atoms with Gasteiger partial charge >= 0.3 is 7.60 Å². The van der Waals surface area contributed by atoms with Crippen molar-refractivity contribution in [3.63, 3.8) is 0 Å². The molecule has 1 aromatic rings. The van der Waals surface area contributed by atoms with Gasteiger partial charge in [-0.3, -0.25) is 4.57 Å². The van der Waals surface area contributed by atoms with E-state index < -0.39 is 13.7 Å². The van der Waals surface area contributed by atoms with Gasteiger partial charge in [0.25, 0.3) is 0 Å². The fourth-order valence-electron chi connectivity index (χ4n) is 3.75. The van der Waals surface area contributed by atoms with Crippen LogP contribution >= 0.6 is 31.0 Å². The maximum atomic E-state index is 13.0. The molecule has 0 aliphatic carbocycles. The van der Waals surface area contributed by atoms with Crippen LogP contribution in [0.5, 0.6) is 0 Å². The van der Waals surface area contributed by atoms with Crippen LogP contribution in [0.25, 0.3) is 0 Å². The summed E-state index contributed by atoms with van der Waals surface area (Å²) in [5.74, 6) is 2.22. The molecule has 32 heavy (non-hydrogen) atoms. The lowest BCUT2D eigenvalue weighted by atomic mass is 9.89. The average Bonchev–Trinajstić information content (AvgIpc) is 2.76. The average molecular weight is 506 g/mol. The molecular formula is C25H43ClO4PS. The second kappa shape index (κ2) is 18.3. The van der Waals surface area contributed by atoms with Gasteiger partial charge in [-0.2, -0.15) is 11.8 Å². The molecule has 0 saturated carbocycles. The highest BCUT2D eigenvalue weighted by molar-refractivity contribution is 7.99. The molecule has 0 spiro atoms. The van der Waals surface area contributed by atoms with Crippen LogP contribution in [0.15, 0.2) is 24.3 Å². The minimum absolute atomic E-state index is 0.198. The summed E-state index contributed by atoms with van der Waals surface area (Å²) in [5.41, 5.74) is 0.893. The van der Waals surface area contributed by atoms with Gasteiger partial charge in [0.15, 0.2) is 0 Å². The molecule has 0 aliphatic heterocycles. The van der Waals surface area contributed by atoms with Crippen molar-refractivity contribution in [2.45, 2.75) is 96.5 Å². The predicted octanol–water partition coefficient (Wildman–Crippen LogP) is 8.49. The van der Waals surface area contributed by atoms with Crippen LogP contribution in [0.3, 0.4) is 0 Å². The van der Waals surface area contributed by atoms with E-state index in [1.165, 1.54) is 56.5 Å². The maximum Gasteiger partial charge on any atom is 0.330 e. The van der Waals surface area contributed by atoms with Crippen molar-refractivity contribution >= 4 is 31.0 Å². The van der Waals surface area contributed by atoms with Crippen molar-refractivity contribution in [1.29, 1.82) is 0 Å². The van der Waals surface area contributed by atoms with Crippen molar-refractivity contribution in [2.75, 3.05) is 24.3 Å². The second-order valence-electron chi connectivity index (χ2n) is 8.58. The Morgan fingerprint density at radius 1 is 0.938 bits per heavy atom. The number of thioether (sulfide) groups is 1. The molecule has 0 fully saturated rings. The Balaban J connectivity index is 2.39. The minimum atomic E-state index is -3.86. The zero-order valence-corrected chi connectivity index (χ0v) is 22.4. The van der Waals surface area contributed by atoms with Crippen molar-refractivity contribution in [3.05, 3.63) is 34.9 Å². The number of hydrogen-bond donors (Lipinski definition) is 1. The molecule has 0 saturated heterocycles. The Morgan fingerprint density at radius 3 is 2.16 bits per heavy atom. The SMILES string of the molecule is CCCCCCSCCCCCCCC(c1ccc(Cl)cc1)C([O])CP(=O)(O)OCCC. The van der Waals surface area contributed by atoms with E-state index in [2.05, 4.69) is 18.7 Å². The highest BCUT2D eigenvalue weighted by Gasteiger charge is 2.31. The molecule has 1 N–H and O–H groups in total. The highest BCUT2D eigenvalue weighted by atomic mass is 35.5. The van der Waals surface area contributed by atoms with Gasteiger partial charge in [0.2, 0.25) is 0 Å². The molecule has 4 nitrogen and oxygen atoms in total. The summed E-state index contributed by atoms with van der Waals surface area (Å²) in [6.07, 6.45) is 10.9. The normalized spacial score (nSPS) is 15.4. The van der Waals surface area contributed by atoms with E-state index in [0.717, 1.165) is 24.8 Å². The van der Waals surface area contributed by atoms with Gasteiger partial charge < -0.3 is 9.42 Å². The second-order valence-corrected chi connectivity index (χ2v) is 12.1. The Hall–Kier alpha value is -0.0300. The van der Waals surface area contributed by atoms with E-state index in [1.54, 1.807) is 12.1 Å². The Kier molecular flexibility index (Phi) is 17.2. The number of unbranched alkanes of at least 4 members (excludes halogenated alkanes) is 7. The molecule has 0 aromatic heterocycles. The van der Waals surface area contributed by atoms with Crippen LogP contribution < -0.4 is 0 Å². The molecule has 3 unspecified atom stereocenters. The van der Waals surface area contributed by atoms with Crippen molar-refractivity contribution in [2.24, 2.45) is 0 Å². The lowest BCUT2D eigenvalue weighted by Crippen LogP contribution is -2.22. The fourth-order valence-corrected chi connectivity index (χ4v) is 6.18. The number of halogens is 1. The molecule has 0 bridgehead atoms. The van der Waals surface area contributed by atoms with Crippen LogP contribution in [-0.2, 0) is 14.2 Å². The Bertz CT molecular complexity index is 629. The minimum Gasteiger partial charge on any atom is -0.324 e. The van der Waals surface area contributed by atoms with Gasteiger partial charge in [-0.05, 0) is 54.9 Å². The van der Waals surface area contributed by atoms with Gasteiger partial charge in [-0.15, -0.1) is 0 Å². The third kappa shape index (κ3) is 14.3. The first-order chi connectivity index (χ1) is 15.4. The Labute approximate surface area is 205 Å². The first-order valence-corrected chi connectivity index (χ1v) is 15.6. The third-order valence-electron chi connectivity index (χ3n) is 5.60. The molecule has 3 atom stereocenters. The third-order valence-corrected chi connectivity index (χ3v) is 8.41. The summed E-state index contributed by atoms with van der Waals surface area (Å²) in [6.45, 7) is 4.32. The quantitative estimate of drug-likeness (QED) is 0.142. The van der Waals surface area contributed by atoms with Crippen molar-refractivity contribution in [3.8, 4) is 0 Å². The van der Waals surface area contributed by atoms with E-state index >= 15 is 0 Å². The largest absolute Gasteiger partial charge is 0.330 e. The van der Waals surface area contributed by atoms with Crippen molar-refractivity contribution < 1.29 is 19.1 Å². The zero-order chi connectivity index (χ0) is 23.7. The standard InChI is InChI=1S/C25H43ClO4PS/c1-3-5-6-11-19-32-20-12-9-7-8-10-13-24(22-14-16-23(26)17-15-22)25(27)21-31(28,29)30-18-4-2/h14-17,24-25H,3-13,18-21H2,1-2H3,(H,28,29). The lowest BCUT2D eigenvalue weighted by molar-refractivity contribution is 0.0727. The molecule has 185 valence electrons. The lowest BCUT2D eigenvalue weighted by Gasteiger charge is -2.24. The van der Waals surface area contributed by atoms with E-state index in [-0.39, 0.29) is 18.7 Å². The van der Waals surface area contributed by atoms with E-state index in [4.69, 9.17) is 16.1 Å². The van der Waals surface area contributed by atoms with Crippen molar-refractivity contribution in [1.82, 2.24) is 0 Å². The van der Waals surface area contributed by atoms with Gasteiger partial charge in [-0.25, -0.2) is 5.11 Å². The predicted molar refractivity (Wildman–Crippen MR) is 139 cm³/mol. The molecule has 1 aromatic carbocycles. The van der Waals surface area contributed by atoms with Crippen LogP contribution in [-0.4, -0.2) is 35.3 Å². The summed E-state index contributed by atoms with van der Waals surface area (Å²) < 4.78 is 17.3. The molecular weight excluding hydrogens is 463 g/mol. The molecule has 0 heterocycles. The molecule has 1 radical (unpaired) electrons. The zero-order valence-electron chi connectivity index (χ0n) is 20.0. The summed E-state index contributed by atoms with van der Waals surface area (Å²) in [4.78, 5) is 10.0. The smallest absolute Gasteiger partial charge is 0.324 e. The molecule has 0 amide bonds. The van der Waals surface area contributed by atoms with Crippen LogP contribution in [0, 0.1) is 0 Å². The number of hydrogen-bond acceptors (Lipinski definition) is 3. The monoisotopic (exact) mass is 505 g/mol. The first-order valence-electron chi connectivity index (χ1n) is 12.3. The first kappa shape index (κ1) is 30.0. The van der Waals surface area contributed by atoms with E-state index in [0.29, 0.717) is 11.4 Å². The van der Waals surface area contributed by atoms with Gasteiger partial charge in [0.05, 0.1) is 12.8 Å². The topological polar surface area (TPSA) is 66.4 Å². The van der Waals surface area contributed by atoms with Gasteiger partial charge in [-0.1, -0.05) is 82.5 Å². The highest BCUT2D eigenvalue weighted by Crippen LogP contribution is 2.45. The Morgan fingerprint density at radius 2 is 1.53 bits per heavy atom. The van der Waals surface area contributed by atoms with E-state index in [9.17, 15) is 14.6 Å². The van der Waals surface area contributed by atoms with Gasteiger partial charge in [0, 0.05) is 10.9 Å². The maximum absolute atomic E-state index is 13.0.